The van der Waals surface area contributed by atoms with E-state index in [0.717, 1.165) is 5.92 Å². The summed E-state index contributed by atoms with van der Waals surface area (Å²) in [5.41, 5.74) is 0. The summed E-state index contributed by atoms with van der Waals surface area (Å²) >= 11 is 5.78. The molecule has 1 fully saturated rings. The Morgan fingerprint density at radius 1 is 1.24 bits per heavy atom. The van der Waals surface area contributed by atoms with Crippen LogP contribution in [0, 0.1) is 11.8 Å². The van der Waals surface area contributed by atoms with Crippen molar-refractivity contribution in [2.75, 3.05) is 5.32 Å². The molecule has 1 aliphatic rings. The number of hydrogen-bond acceptors (Lipinski definition) is 3. The van der Waals surface area contributed by atoms with Gasteiger partial charge in [0.25, 0.3) is 0 Å². The number of hydrogen-bond donors (Lipinski definition) is 1. The number of nitrogens with zero attached hydrogens (tertiary/aromatic N) is 2. The van der Waals surface area contributed by atoms with E-state index in [0.29, 0.717) is 22.9 Å². The topological polar surface area (TPSA) is 37.8 Å². The van der Waals surface area contributed by atoms with Crippen LogP contribution in [0.2, 0.25) is 5.02 Å². The molecular formula is C13H20ClN3. The Balaban J connectivity index is 2.02. The lowest BCUT2D eigenvalue weighted by Crippen LogP contribution is -2.35. The highest BCUT2D eigenvalue weighted by molar-refractivity contribution is 6.30. The molecule has 0 radical (unpaired) electrons. The molecule has 1 heterocycles. The molecule has 1 saturated carbocycles. The van der Waals surface area contributed by atoms with Crippen LogP contribution in [-0.4, -0.2) is 16.0 Å². The fraction of sp³-hybridized carbons (Fsp3) is 0.692. The molecule has 0 spiro atoms. The average molecular weight is 254 g/mol. The molecule has 4 heteroatoms. The highest BCUT2D eigenvalue weighted by atomic mass is 35.5. The van der Waals surface area contributed by atoms with E-state index < -0.39 is 0 Å². The molecule has 2 unspecified atom stereocenters. The first-order chi connectivity index (χ1) is 8.16. The summed E-state index contributed by atoms with van der Waals surface area (Å²) in [6.45, 7) is 4.60. The van der Waals surface area contributed by atoms with Crippen molar-refractivity contribution in [3.63, 3.8) is 0 Å². The van der Waals surface area contributed by atoms with Gasteiger partial charge in [0.15, 0.2) is 0 Å². The third-order valence-corrected chi connectivity index (χ3v) is 3.81. The number of nitrogens with one attached hydrogen (secondary N) is 1. The van der Waals surface area contributed by atoms with E-state index in [4.69, 9.17) is 11.6 Å². The molecule has 2 rings (SSSR count). The molecule has 0 saturated heterocycles. The molecule has 1 aromatic heterocycles. The highest BCUT2D eigenvalue weighted by Gasteiger charge is 2.27. The van der Waals surface area contributed by atoms with E-state index >= 15 is 0 Å². The summed E-state index contributed by atoms with van der Waals surface area (Å²) in [7, 11) is 0. The Morgan fingerprint density at radius 2 is 1.88 bits per heavy atom. The standard InChI is InChI=1S/C13H20ClN3/c1-9(2)11-5-3-4-6-12(11)17-13-15-7-10(14)8-16-13/h7-9,11-12H,3-6H2,1-2H3,(H,15,16,17). The van der Waals surface area contributed by atoms with Gasteiger partial charge in [-0.15, -0.1) is 0 Å². The maximum atomic E-state index is 5.78. The zero-order valence-electron chi connectivity index (χ0n) is 10.5. The smallest absolute Gasteiger partial charge is 0.222 e. The summed E-state index contributed by atoms with van der Waals surface area (Å²) in [6, 6.07) is 0.505. The normalized spacial score (nSPS) is 24.9. The summed E-state index contributed by atoms with van der Waals surface area (Å²) in [5.74, 6) is 2.13. The fourth-order valence-corrected chi connectivity index (χ4v) is 2.79. The molecule has 1 N–H and O–H groups in total. The average Bonchev–Trinajstić information content (AvgIpc) is 2.32. The van der Waals surface area contributed by atoms with Gasteiger partial charge in [0.2, 0.25) is 5.95 Å². The zero-order valence-corrected chi connectivity index (χ0v) is 11.2. The van der Waals surface area contributed by atoms with Crippen molar-refractivity contribution in [1.29, 1.82) is 0 Å². The molecule has 0 aromatic carbocycles. The van der Waals surface area contributed by atoms with E-state index in [9.17, 15) is 0 Å². The van der Waals surface area contributed by atoms with Crippen molar-refractivity contribution in [3.8, 4) is 0 Å². The van der Waals surface area contributed by atoms with Gasteiger partial charge in [0.1, 0.15) is 0 Å². The Bertz CT molecular complexity index is 350. The molecule has 0 aliphatic heterocycles. The second kappa shape index (κ2) is 5.67. The summed E-state index contributed by atoms with van der Waals surface area (Å²) in [6.07, 6.45) is 8.46. The van der Waals surface area contributed by atoms with Crippen molar-refractivity contribution in [3.05, 3.63) is 17.4 Å². The predicted octanol–water partition coefficient (Wildman–Crippen LogP) is 3.76. The van der Waals surface area contributed by atoms with Crippen LogP contribution in [0.1, 0.15) is 39.5 Å². The number of halogens is 1. The largest absolute Gasteiger partial charge is 0.351 e. The minimum Gasteiger partial charge on any atom is -0.351 e. The third kappa shape index (κ3) is 3.32. The summed E-state index contributed by atoms with van der Waals surface area (Å²) in [5, 5.41) is 4.04. The Kier molecular flexibility index (Phi) is 4.21. The van der Waals surface area contributed by atoms with E-state index in [1.807, 2.05) is 0 Å². The Labute approximate surface area is 108 Å². The van der Waals surface area contributed by atoms with Gasteiger partial charge in [-0.05, 0) is 24.7 Å². The van der Waals surface area contributed by atoms with Crippen molar-refractivity contribution < 1.29 is 0 Å². The van der Waals surface area contributed by atoms with Gasteiger partial charge in [0.05, 0.1) is 17.4 Å². The minimum absolute atomic E-state index is 0.505. The molecule has 17 heavy (non-hydrogen) atoms. The van der Waals surface area contributed by atoms with Crippen LogP contribution >= 0.6 is 11.6 Å². The first-order valence-corrected chi connectivity index (χ1v) is 6.78. The van der Waals surface area contributed by atoms with Crippen LogP contribution in [0.5, 0.6) is 0 Å². The van der Waals surface area contributed by atoms with Crippen LogP contribution in [-0.2, 0) is 0 Å². The van der Waals surface area contributed by atoms with Crippen LogP contribution in [0.25, 0.3) is 0 Å². The van der Waals surface area contributed by atoms with Gasteiger partial charge in [-0.25, -0.2) is 9.97 Å². The van der Waals surface area contributed by atoms with Crippen molar-refractivity contribution in [1.82, 2.24) is 9.97 Å². The molecule has 1 aromatic rings. The second-order valence-corrected chi connectivity index (χ2v) is 5.60. The van der Waals surface area contributed by atoms with Gasteiger partial charge in [-0.2, -0.15) is 0 Å². The minimum atomic E-state index is 0.505. The zero-order chi connectivity index (χ0) is 12.3. The molecule has 2 atom stereocenters. The van der Waals surface area contributed by atoms with Gasteiger partial charge in [-0.3, -0.25) is 0 Å². The maximum Gasteiger partial charge on any atom is 0.222 e. The molecule has 3 nitrogen and oxygen atoms in total. The van der Waals surface area contributed by atoms with Crippen LogP contribution in [0.4, 0.5) is 5.95 Å². The van der Waals surface area contributed by atoms with Crippen LogP contribution in [0.15, 0.2) is 12.4 Å². The third-order valence-electron chi connectivity index (χ3n) is 3.61. The number of anilines is 1. The van der Waals surface area contributed by atoms with Crippen LogP contribution in [0.3, 0.4) is 0 Å². The lowest BCUT2D eigenvalue weighted by molar-refractivity contribution is 0.253. The SMILES string of the molecule is CC(C)C1CCCCC1Nc1ncc(Cl)cn1. The predicted molar refractivity (Wildman–Crippen MR) is 71.2 cm³/mol. The van der Waals surface area contributed by atoms with Crippen molar-refractivity contribution >= 4 is 17.5 Å². The van der Waals surface area contributed by atoms with E-state index in [1.165, 1.54) is 25.7 Å². The summed E-state index contributed by atoms with van der Waals surface area (Å²) < 4.78 is 0. The number of rotatable bonds is 3. The molecule has 94 valence electrons. The quantitative estimate of drug-likeness (QED) is 0.891. The lowest BCUT2D eigenvalue weighted by atomic mass is 9.78. The molecule has 1 aliphatic carbocycles. The first-order valence-electron chi connectivity index (χ1n) is 6.41. The number of aromatic nitrogens is 2. The first kappa shape index (κ1) is 12.6. The van der Waals surface area contributed by atoms with Crippen molar-refractivity contribution in [2.45, 2.75) is 45.6 Å². The van der Waals surface area contributed by atoms with Crippen molar-refractivity contribution in [2.24, 2.45) is 11.8 Å². The monoisotopic (exact) mass is 253 g/mol. The molecular weight excluding hydrogens is 234 g/mol. The Morgan fingerprint density at radius 3 is 2.53 bits per heavy atom. The fourth-order valence-electron chi connectivity index (χ4n) is 2.69. The van der Waals surface area contributed by atoms with Gasteiger partial charge < -0.3 is 5.32 Å². The lowest BCUT2D eigenvalue weighted by Gasteiger charge is -2.34. The molecule has 0 bridgehead atoms. The van der Waals surface area contributed by atoms with Gasteiger partial charge in [0, 0.05) is 6.04 Å². The van der Waals surface area contributed by atoms with E-state index in [-0.39, 0.29) is 0 Å². The van der Waals surface area contributed by atoms with E-state index in [1.54, 1.807) is 12.4 Å². The van der Waals surface area contributed by atoms with Gasteiger partial charge >= 0.3 is 0 Å². The second-order valence-electron chi connectivity index (χ2n) is 5.17. The van der Waals surface area contributed by atoms with Crippen LogP contribution < -0.4 is 5.32 Å². The highest BCUT2D eigenvalue weighted by Crippen LogP contribution is 2.31. The molecule has 0 amide bonds. The summed E-state index contributed by atoms with van der Waals surface area (Å²) in [4.78, 5) is 8.42. The Hall–Kier alpha value is -0.830. The van der Waals surface area contributed by atoms with Gasteiger partial charge in [-0.1, -0.05) is 38.3 Å². The maximum absolute atomic E-state index is 5.78. The van der Waals surface area contributed by atoms with E-state index in [2.05, 4.69) is 29.1 Å².